The molecule has 5 aromatic rings. The van der Waals surface area contributed by atoms with Crippen LogP contribution in [-0.4, -0.2) is 31.6 Å². The van der Waals surface area contributed by atoms with Crippen LogP contribution in [0.1, 0.15) is 34.9 Å². The van der Waals surface area contributed by atoms with E-state index in [1.807, 2.05) is 32.3 Å². The monoisotopic (exact) mass is 425 g/mol. The molecule has 0 saturated carbocycles. The van der Waals surface area contributed by atoms with Gasteiger partial charge in [-0.25, -0.2) is 15.0 Å². The molecule has 0 bridgehead atoms. The number of ether oxygens (including phenoxy) is 1. The number of benzene rings is 2. The lowest BCUT2D eigenvalue weighted by atomic mass is 10.1. The predicted molar refractivity (Wildman–Crippen MR) is 127 cm³/mol. The van der Waals surface area contributed by atoms with E-state index in [-0.39, 0.29) is 0 Å². The van der Waals surface area contributed by atoms with Crippen LogP contribution in [0.4, 0.5) is 0 Å². The summed E-state index contributed by atoms with van der Waals surface area (Å²) in [6.45, 7) is 2.03. The minimum absolute atomic E-state index is 0.781. The molecule has 0 saturated heterocycles. The van der Waals surface area contributed by atoms with E-state index in [1.54, 1.807) is 7.11 Å². The van der Waals surface area contributed by atoms with Gasteiger partial charge in [0.2, 0.25) is 0 Å². The van der Waals surface area contributed by atoms with E-state index >= 15 is 0 Å². The summed E-state index contributed by atoms with van der Waals surface area (Å²) in [6, 6.07) is 14.6. The summed E-state index contributed by atoms with van der Waals surface area (Å²) in [5, 5.41) is 1.22. The van der Waals surface area contributed by atoms with E-state index < -0.39 is 0 Å². The number of aromatic nitrogens is 5. The van der Waals surface area contributed by atoms with Crippen LogP contribution in [0.5, 0.6) is 5.75 Å². The first-order valence-electron chi connectivity index (χ1n) is 11.0. The molecule has 0 aliphatic heterocycles. The summed E-state index contributed by atoms with van der Waals surface area (Å²) in [5.41, 5.74) is 6.89. The molecule has 3 heterocycles. The minimum Gasteiger partial charge on any atom is -0.497 e. The summed E-state index contributed by atoms with van der Waals surface area (Å²) in [7, 11) is 3.75. The zero-order chi connectivity index (χ0) is 22.1. The predicted octanol–water partition coefficient (Wildman–Crippen LogP) is 4.93. The van der Waals surface area contributed by atoms with E-state index in [1.165, 1.54) is 16.5 Å². The number of hydrogen-bond acceptors (Lipinski definition) is 4. The van der Waals surface area contributed by atoms with Gasteiger partial charge in [0.1, 0.15) is 17.4 Å². The van der Waals surface area contributed by atoms with Crippen molar-refractivity contribution in [1.82, 2.24) is 24.5 Å². The first-order valence-corrected chi connectivity index (χ1v) is 11.0. The Labute approximate surface area is 187 Å². The topological polar surface area (TPSA) is 68.6 Å². The van der Waals surface area contributed by atoms with E-state index in [9.17, 15) is 0 Å². The minimum atomic E-state index is 0.781. The van der Waals surface area contributed by atoms with Crippen LogP contribution in [0.2, 0.25) is 0 Å². The SMILES string of the molecule is COc1ccc2[nH]cc(CCCc3nccc(Cc4ccc5c(c4)nc(C)n5C)n3)c2c1. The molecular formula is C26H27N5O. The van der Waals surface area contributed by atoms with Crippen molar-refractivity contribution >= 4 is 21.9 Å². The van der Waals surface area contributed by atoms with E-state index in [0.717, 1.165) is 65.3 Å². The van der Waals surface area contributed by atoms with Gasteiger partial charge < -0.3 is 14.3 Å². The van der Waals surface area contributed by atoms with Gasteiger partial charge in [-0.1, -0.05) is 6.07 Å². The fraction of sp³-hybridized carbons (Fsp3) is 0.269. The van der Waals surface area contributed by atoms with Crippen molar-refractivity contribution in [3.8, 4) is 5.75 Å². The molecule has 0 fully saturated rings. The average molecular weight is 426 g/mol. The maximum absolute atomic E-state index is 5.37. The molecule has 0 unspecified atom stereocenters. The fourth-order valence-electron chi connectivity index (χ4n) is 4.27. The van der Waals surface area contributed by atoms with Crippen LogP contribution in [0.15, 0.2) is 54.9 Å². The van der Waals surface area contributed by atoms with Gasteiger partial charge in [-0.05, 0) is 67.3 Å². The van der Waals surface area contributed by atoms with Gasteiger partial charge in [0.25, 0.3) is 0 Å². The first-order chi connectivity index (χ1) is 15.6. The number of aryl methyl sites for hydroxylation is 4. The molecule has 0 spiro atoms. The maximum Gasteiger partial charge on any atom is 0.128 e. The van der Waals surface area contributed by atoms with E-state index in [2.05, 4.69) is 56.0 Å². The van der Waals surface area contributed by atoms with Crippen LogP contribution in [0, 0.1) is 6.92 Å². The summed E-state index contributed by atoms with van der Waals surface area (Å²) in [5.74, 6) is 2.80. The summed E-state index contributed by atoms with van der Waals surface area (Å²) in [6.07, 6.45) is 7.56. The van der Waals surface area contributed by atoms with Gasteiger partial charge in [-0.2, -0.15) is 0 Å². The van der Waals surface area contributed by atoms with Crippen molar-refractivity contribution < 1.29 is 4.74 Å². The number of aromatic amines is 1. The van der Waals surface area contributed by atoms with Crippen molar-refractivity contribution in [3.63, 3.8) is 0 Å². The van der Waals surface area contributed by atoms with Crippen molar-refractivity contribution in [3.05, 3.63) is 83.3 Å². The number of hydrogen-bond donors (Lipinski definition) is 1. The molecular weight excluding hydrogens is 398 g/mol. The Morgan fingerprint density at radius 3 is 2.81 bits per heavy atom. The molecule has 0 aliphatic carbocycles. The number of H-pyrrole nitrogens is 1. The highest BCUT2D eigenvalue weighted by Gasteiger charge is 2.08. The first kappa shape index (κ1) is 20.2. The van der Waals surface area contributed by atoms with Gasteiger partial charge in [0.05, 0.1) is 18.1 Å². The van der Waals surface area contributed by atoms with Gasteiger partial charge in [0.15, 0.2) is 0 Å². The van der Waals surface area contributed by atoms with Crippen LogP contribution in [0.3, 0.4) is 0 Å². The molecule has 6 nitrogen and oxygen atoms in total. The Bertz CT molecular complexity index is 1400. The number of rotatable bonds is 7. The largest absolute Gasteiger partial charge is 0.497 e. The third-order valence-corrected chi connectivity index (χ3v) is 6.14. The van der Waals surface area contributed by atoms with Gasteiger partial charge >= 0.3 is 0 Å². The molecule has 0 aliphatic rings. The molecule has 3 aromatic heterocycles. The summed E-state index contributed by atoms with van der Waals surface area (Å²) in [4.78, 5) is 17.3. The summed E-state index contributed by atoms with van der Waals surface area (Å²) < 4.78 is 7.49. The quantitative estimate of drug-likeness (QED) is 0.402. The zero-order valence-corrected chi connectivity index (χ0v) is 18.7. The molecule has 2 aromatic carbocycles. The summed E-state index contributed by atoms with van der Waals surface area (Å²) >= 11 is 0. The van der Waals surface area contributed by atoms with Crippen LogP contribution >= 0.6 is 0 Å². The number of nitrogens with one attached hydrogen (secondary N) is 1. The molecule has 32 heavy (non-hydrogen) atoms. The van der Waals surface area contributed by atoms with Crippen molar-refractivity contribution in [1.29, 1.82) is 0 Å². The molecule has 0 atom stereocenters. The van der Waals surface area contributed by atoms with Crippen molar-refractivity contribution in [2.24, 2.45) is 7.05 Å². The fourth-order valence-corrected chi connectivity index (χ4v) is 4.27. The van der Waals surface area contributed by atoms with E-state index in [0.29, 0.717) is 0 Å². The number of imidazole rings is 1. The standard InChI is InChI=1S/C26H27N5O/c1-17-29-24-14-18(7-10-25(24)31(17)2)13-20-11-12-27-26(30-20)6-4-5-19-16-28-23-9-8-21(32-3)15-22(19)23/h7-12,14-16,28H,4-6,13H2,1-3H3. The second-order valence-corrected chi connectivity index (χ2v) is 8.26. The van der Waals surface area contributed by atoms with Gasteiger partial charge in [0, 0.05) is 48.9 Å². The average Bonchev–Trinajstić information content (AvgIpc) is 3.33. The van der Waals surface area contributed by atoms with Crippen LogP contribution in [0.25, 0.3) is 21.9 Å². The Balaban J connectivity index is 1.26. The Kier molecular flexibility index (Phi) is 5.35. The number of methoxy groups -OCH3 is 1. The Hall–Kier alpha value is -3.67. The Morgan fingerprint density at radius 1 is 1.03 bits per heavy atom. The highest BCUT2D eigenvalue weighted by molar-refractivity contribution is 5.84. The van der Waals surface area contributed by atoms with Gasteiger partial charge in [-0.3, -0.25) is 0 Å². The second kappa shape index (κ2) is 8.46. The van der Waals surface area contributed by atoms with Crippen molar-refractivity contribution in [2.75, 3.05) is 7.11 Å². The lowest BCUT2D eigenvalue weighted by molar-refractivity contribution is 0.415. The van der Waals surface area contributed by atoms with Gasteiger partial charge in [-0.15, -0.1) is 0 Å². The molecule has 5 rings (SSSR count). The molecule has 162 valence electrons. The van der Waals surface area contributed by atoms with Crippen molar-refractivity contribution in [2.45, 2.75) is 32.6 Å². The number of fused-ring (bicyclic) bond motifs is 2. The molecule has 1 N–H and O–H groups in total. The highest BCUT2D eigenvalue weighted by atomic mass is 16.5. The van der Waals surface area contributed by atoms with Crippen LogP contribution < -0.4 is 4.74 Å². The second-order valence-electron chi connectivity index (χ2n) is 8.26. The van der Waals surface area contributed by atoms with Crippen LogP contribution in [-0.2, 0) is 26.3 Å². The molecule has 0 amide bonds. The van der Waals surface area contributed by atoms with E-state index in [4.69, 9.17) is 9.72 Å². The highest BCUT2D eigenvalue weighted by Crippen LogP contribution is 2.25. The zero-order valence-electron chi connectivity index (χ0n) is 18.7. The maximum atomic E-state index is 5.37. The third kappa shape index (κ3) is 3.96. The normalized spacial score (nSPS) is 11.5. The number of nitrogens with zero attached hydrogens (tertiary/aromatic N) is 4. The smallest absolute Gasteiger partial charge is 0.128 e. The lowest BCUT2D eigenvalue weighted by Gasteiger charge is -2.05. The third-order valence-electron chi connectivity index (χ3n) is 6.14. The Morgan fingerprint density at radius 2 is 1.94 bits per heavy atom. The molecule has 0 radical (unpaired) electrons. The molecule has 6 heteroatoms. The lowest BCUT2D eigenvalue weighted by Crippen LogP contribution is -2.01.